The summed E-state index contributed by atoms with van der Waals surface area (Å²) in [5.74, 6) is -0.935. The highest BCUT2D eigenvalue weighted by molar-refractivity contribution is 7.80. The van der Waals surface area contributed by atoms with Crippen molar-refractivity contribution in [2.45, 2.75) is 19.4 Å². The Morgan fingerprint density at radius 3 is 2.08 bits per heavy atom. The molecule has 2 aromatic rings. The number of carbonyl (C=O) groups excluding carboxylic acids is 1. The van der Waals surface area contributed by atoms with E-state index in [0.29, 0.717) is 23.5 Å². The summed E-state index contributed by atoms with van der Waals surface area (Å²) in [4.78, 5) is 25.4. The smallest absolute Gasteiger partial charge is 0.323 e. The summed E-state index contributed by atoms with van der Waals surface area (Å²) in [7, 11) is 0. The molecular formula is C19H19NO3S. The molecule has 0 heterocycles. The van der Waals surface area contributed by atoms with E-state index < -0.39 is 5.97 Å². The molecule has 0 amide bonds. The van der Waals surface area contributed by atoms with Crippen LogP contribution in [0.3, 0.4) is 0 Å². The van der Waals surface area contributed by atoms with Gasteiger partial charge in [0.05, 0.1) is 4.99 Å². The van der Waals surface area contributed by atoms with Gasteiger partial charge in [0.2, 0.25) is 0 Å². The number of carboxylic acids is 1. The minimum atomic E-state index is -0.942. The number of benzene rings is 2. The molecule has 0 saturated heterocycles. The van der Waals surface area contributed by atoms with E-state index in [9.17, 15) is 9.59 Å². The predicted molar refractivity (Wildman–Crippen MR) is 97.1 cm³/mol. The molecule has 0 aliphatic heterocycles. The van der Waals surface area contributed by atoms with Crippen LogP contribution in [0.5, 0.6) is 0 Å². The van der Waals surface area contributed by atoms with Crippen LogP contribution in [0.25, 0.3) is 0 Å². The Morgan fingerprint density at radius 1 is 0.917 bits per heavy atom. The van der Waals surface area contributed by atoms with Gasteiger partial charge in [0.1, 0.15) is 6.54 Å². The van der Waals surface area contributed by atoms with Crippen LogP contribution < -0.4 is 0 Å². The fourth-order valence-electron chi connectivity index (χ4n) is 2.35. The van der Waals surface area contributed by atoms with Crippen molar-refractivity contribution < 1.29 is 14.7 Å². The maximum Gasteiger partial charge on any atom is 0.323 e. The topological polar surface area (TPSA) is 57.6 Å². The molecule has 0 atom stereocenters. The normalized spacial score (nSPS) is 10.2. The van der Waals surface area contributed by atoms with Crippen molar-refractivity contribution in [1.82, 2.24) is 4.90 Å². The third kappa shape index (κ3) is 5.59. The summed E-state index contributed by atoms with van der Waals surface area (Å²) in [6.07, 6.45) is 0.636. The lowest BCUT2D eigenvalue weighted by molar-refractivity contribution is -0.137. The number of ketones is 1. The van der Waals surface area contributed by atoms with Gasteiger partial charge in [-0.25, -0.2) is 0 Å². The van der Waals surface area contributed by atoms with Gasteiger partial charge in [0.15, 0.2) is 5.78 Å². The van der Waals surface area contributed by atoms with Crippen LogP contribution in [0.15, 0.2) is 60.7 Å². The first kappa shape index (κ1) is 17.8. The second-order valence-corrected chi connectivity index (χ2v) is 5.89. The van der Waals surface area contributed by atoms with Crippen molar-refractivity contribution in [3.05, 3.63) is 71.8 Å². The molecule has 0 fully saturated rings. The fourth-order valence-corrected chi connectivity index (χ4v) is 2.58. The van der Waals surface area contributed by atoms with E-state index in [0.717, 1.165) is 5.56 Å². The monoisotopic (exact) mass is 341 g/mol. The number of carboxylic acid groups (broad SMARTS) is 1. The van der Waals surface area contributed by atoms with Gasteiger partial charge in [-0.05, 0) is 5.56 Å². The average molecular weight is 341 g/mol. The van der Waals surface area contributed by atoms with Crippen LogP contribution in [-0.2, 0) is 11.3 Å². The number of rotatable bonds is 8. The number of hydrogen-bond donors (Lipinski definition) is 1. The summed E-state index contributed by atoms with van der Waals surface area (Å²) in [6, 6.07) is 18.6. The van der Waals surface area contributed by atoms with Crippen molar-refractivity contribution in [3.8, 4) is 0 Å². The number of aliphatic carboxylic acids is 1. The highest BCUT2D eigenvalue weighted by Gasteiger charge is 2.15. The molecule has 0 aliphatic carbocycles. The number of hydrogen-bond acceptors (Lipinski definition) is 3. The lowest BCUT2D eigenvalue weighted by atomic mass is 10.1. The van der Waals surface area contributed by atoms with Crippen LogP contribution >= 0.6 is 12.2 Å². The lowest BCUT2D eigenvalue weighted by Crippen LogP contribution is -2.34. The molecule has 0 unspecified atom stereocenters. The zero-order chi connectivity index (χ0) is 17.4. The fraction of sp³-hybridized carbons (Fsp3) is 0.211. The molecular weight excluding hydrogens is 322 g/mol. The number of thiocarbonyl (C=S) groups is 1. The highest BCUT2D eigenvalue weighted by Crippen LogP contribution is 2.11. The molecule has 24 heavy (non-hydrogen) atoms. The molecule has 0 aromatic heterocycles. The van der Waals surface area contributed by atoms with Crippen LogP contribution in [0.1, 0.15) is 28.8 Å². The molecule has 124 valence electrons. The largest absolute Gasteiger partial charge is 0.480 e. The van der Waals surface area contributed by atoms with E-state index >= 15 is 0 Å². The van der Waals surface area contributed by atoms with Crippen molar-refractivity contribution >= 4 is 29.0 Å². The molecule has 4 nitrogen and oxygen atoms in total. The third-order valence-electron chi connectivity index (χ3n) is 3.56. The zero-order valence-corrected chi connectivity index (χ0v) is 14.0. The molecule has 0 bridgehead atoms. The standard InChI is InChI=1S/C19H19NO3S/c21-17(16-9-5-2-6-10-16)11-12-18(24)20(14-19(22)23)13-15-7-3-1-4-8-15/h1-10H,11-14H2,(H,22,23). The van der Waals surface area contributed by atoms with Crippen LogP contribution in [0.2, 0.25) is 0 Å². The maximum atomic E-state index is 12.2. The van der Waals surface area contributed by atoms with Gasteiger partial charge in [0, 0.05) is 24.9 Å². The zero-order valence-electron chi connectivity index (χ0n) is 13.2. The lowest BCUT2D eigenvalue weighted by Gasteiger charge is -2.23. The van der Waals surface area contributed by atoms with Crippen molar-refractivity contribution in [3.63, 3.8) is 0 Å². The quantitative estimate of drug-likeness (QED) is 0.588. The molecule has 2 rings (SSSR count). The second kappa shape index (κ2) is 8.93. The van der Waals surface area contributed by atoms with E-state index in [-0.39, 0.29) is 18.7 Å². The van der Waals surface area contributed by atoms with Crippen LogP contribution in [0, 0.1) is 0 Å². The summed E-state index contributed by atoms with van der Waals surface area (Å²) in [6.45, 7) is 0.249. The molecule has 2 aromatic carbocycles. The summed E-state index contributed by atoms with van der Waals surface area (Å²) in [5.41, 5.74) is 1.63. The van der Waals surface area contributed by atoms with E-state index in [1.54, 1.807) is 17.0 Å². The van der Waals surface area contributed by atoms with Crippen molar-refractivity contribution in [1.29, 1.82) is 0 Å². The number of carbonyl (C=O) groups is 2. The van der Waals surface area contributed by atoms with Gasteiger partial charge < -0.3 is 10.0 Å². The Labute approximate surface area is 146 Å². The Morgan fingerprint density at radius 2 is 1.50 bits per heavy atom. The van der Waals surface area contributed by atoms with Gasteiger partial charge in [-0.15, -0.1) is 0 Å². The first-order valence-corrected chi connectivity index (χ1v) is 8.09. The SMILES string of the molecule is O=C(O)CN(Cc1ccccc1)C(=S)CCC(=O)c1ccccc1. The van der Waals surface area contributed by atoms with E-state index in [2.05, 4.69) is 0 Å². The van der Waals surface area contributed by atoms with Crippen molar-refractivity contribution in [2.75, 3.05) is 6.54 Å². The summed E-state index contributed by atoms with van der Waals surface area (Å²) in [5, 5.41) is 9.10. The van der Waals surface area contributed by atoms with Gasteiger partial charge in [-0.3, -0.25) is 9.59 Å². The Bertz CT molecular complexity index is 701. The third-order valence-corrected chi connectivity index (χ3v) is 4.02. The van der Waals surface area contributed by atoms with Gasteiger partial charge in [-0.2, -0.15) is 0 Å². The average Bonchev–Trinajstić information content (AvgIpc) is 2.60. The molecule has 0 saturated carbocycles. The Kier molecular flexibility index (Phi) is 6.63. The number of nitrogens with zero attached hydrogens (tertiary/aromatic N) is 1. The molecule has 1 N–H and O–H groups in total. The van der Waals surface area contributed by atoms with E-state index in [4.69, 9.17) is 17.3 Å². The molecule has 5 heteroatoms. The van der Waals surface area contributed by atoms with Gasteiger partial charge >= 0.3 is 5.97 Å². The minimum Gasteiger partial charge on any atom is -0.480 e. The first-order chi connectivity index (χ1) is 11.6. The minimum absolute atomic E-state index is 0.00735. The maximum absolute atomic E-state index is 12.2. The predicted octanol–water partition coefficient (Wildman–Crippen LogP) is 3.56. The first-order valence-electron chi connectivity index (χ1n) is 7.68. The second-order valence-electron chi connectivity index (χ2n) is 5.42. The molecule has 0 aliphatic rings. The molecule has 0 spiro atoms. The molecule has 0 radical (unpaired) electrons. The Balaban J connectivity index is 1.97. The Hall–Kier alpha value is -2.53. The van der Waals surface area contributed by atoms with Crippen LogP contribution in [0.4, 0.5) is 0 Å². The van der Waals surface area contributed by atoms with Crippen molar-refractivity contribution in [2.24, 2.45) is 0 Å². The van der Waals surface area contributed by atoms with Crippen LogP contribution in [-0.4, -0.2) is 33.3 Å². The highest BCUT2D eigenvalue weighted by atomic mass is 32.1. The van der Waals surface area contributed by atoms with E-state index in [1.165, 1.54) is 0 Å². The summed E-state index contributed by atoms with van der Waals surface area (Å²) < 4.78 is 0. The number of Topliss-reactive ketones (excluding diaryl/α,β-unsaturated/α-hetero) is 1. The van der Waals surface area contributed by atoms with E-state index in [1.807, 2.05) is 48.5 Å². The summed E-state index contributed by atoms with van der Waals surface area (Å²) >= 11 is 5.37. The van der Waals surface area contributed by atoms with Gasteiger partial charge in [0.25, 0.3) is 0 Å². The van der Waals surface area contributed by atoms with Gasteiger partial charge in [-0.1, -0.05) is 72.9 Å².